The molecule has 1 N–H and O–H groups in total. The van der Waals surface area contributed by atoms with Crippen LogP contribution in [0.3, 0.4) is 0 Å². The zero-order chi connectivity index (χ0) is 13.8. The fourth-order valence-corrected chi connectivity index (χ4v) is 2.54. The van der Waals surface area contributed by atoms with E-state index in [9.17, 15) is 9.18 Å². The van der Waals surface area contributed by atoms with Crippen LogP contribution in [0, 0.1) is 5.82 Å². The molecule has 0 spiro atoms. The number of nitrogens with one attached hydrogen (secondary N) is 1. The molecule has 19 heavy (non-hydrogen) atoms. The van der Waals surface area contributed by atoms with Crippen LogP contribution >= 0.6 is 11.3 Å². The number of halogens is 1. The lowest BCUT2D eigenvalue weighted by Gasteiger charge is -2.09. The van der Waals surface area contributed by atoms with Gasteiger partial charge in [0, 0.05) is 10.9 Å². The van der Waals surface area contributed by atoms with Gasteiger partial charge < -0.3 is 5.32 Å². The minimum atomic E-state index is -0.255. The lowest BCUT2D eigenvalue weighted by Crippen LogP contribution is -2.31. The van der Waals surface area contributed by atoms with Crippen LogP contribution in [0.1, 0.15) is 29.9 Å². The maximum Gasteiger partial charge on any atom is 0.261 e. The highest BCUT2D eigenvalue weighted by molar-refractivity contribution is 7.17. The van der Waals surface area contributed by atoms with Crippen molar-refractivity contribution >= 4 is 17.2 Å². The number of carbonyl (C=O) groups is 1. The van der Waals surface area contributed by atoms with Gasteiger partial charge in [0.15, 0.2) is 0 Å². The third-order valence-corrected chi connectivity index (χ3v) is 4.08. The molecule has 0 aliphatic carbocycles. The summed E-state index contributed by atoms with van der Waals surface area (Å²) in [5.41, 5.74) is 0.925. The molecule has 4 heteroatoms. The first kappa shape index (κ1) is 13.7. The highest BCUT2D eigenvalue weighted by Gasteiger charge is 2.12. The molecule has 2 rings (SSSR count). The van der Waals surface area contributed by atoms with Crippen LogP contribution < -0.4 is 5.32 Å². The summed E-state index contributed by atoms with van der Waals surface area (Å²) < 4.78 is 12.9. The Bertz CT molecular complexity index is 562. The molecule has 0 aliphatic heterocycles. The quantitative estimate of drug-likeness (QED) is 0.896. The summed E-state index contributed by atoms with van der Waals surface area (Å²) in [5, 5.41) is 2.93. The summed E-state index contributed by atoms with van der Waals surface area (Å²) >= 11 is 1.42. The topological polar surface area (TPSA) is 29.1 Å². The van der Waals surface area contributed by atoms with E-state index in [0.717, 1.165) is 16.9 Å². The second-order valence-electron chi connectivity index (χ2n) is 4.45. The number of thiophene rings is 1. The minimum absolute atomic E-state index is 0.0484. The van der Waals surface area contributed by atoms with E-state index in [1.165, 1.54) is 23.5 Å². The van der Waals surface area contributed by atoms with Crippen molar-refractivity contribution in [2.75, 3.05) is 0 Å². The summed E-state index contributed by atoms with van der Waals surface area (Å²) in [6, 6.07) is 10.2. The average Bonchev–Trinajstić information content (AvgIpc) is 2.89. The van der Waals surface area contributed by atoms with E-state index in [0.29, 0.717) is 4.88 Å². The van der Waals surface area contributed by atoms with Crippen molar-refractivity contribution in [2.45, 2.75) is 26.3 Å². The van der Waals surface area contributed by atoms with Gasteiger partial charge in [-0.25, -0.2) is 4.39 Å². The fourth-order valence-electron chi connectivity index (χ4n) is 1.63. The van der Waals surface area contributed by atoms with E-state index in [4.69, 9.17) is 0 Å². The highest BCUT2D eigenvalue weighted by Crippen LogP contribution is 2.28. The molecular formula is C15H16FNOS. The van der Waals surface area contributed by atoms with E-state index in [1.54, 1.807) is 18.2 Å². The second-order valence-corrected chi connectivity index (χ2v) is 5.54. The number of rotatable bonds is 4. The van der Waals surface area contributed by atoms with E-state index in [2.05, 4.69) is 5.32 Å². The molecule has 1 amide bonds. The monoisotopic (exact) mass is 277 g/mol. The minimum Gasteiger partial charge on any atom is -0.349 e. The summed E-state index contributed by atoms with van der Waals surface area (Å²) in [6.45, 7) is 4.01. The van der Waals surface area contributed by atoms with Gasteiger partial charge in [0.05, 0.1) is 4.88 Å². The molecule has 2 aromatic rings. The lowest BCUT2D eigenvalue weighted by atomic mass is 10.2. The first-order valence-corrected chi connectivity index (χ1v) is 7.08. The molecule has 0 saturated carbocycles. The molecule has 1 atom stereocenters. The van der Waals surface area contributed by atoms with Crippen LogP contribution in [-0.2, 0) is 0 Å². The SMILES string of the molecule is CCC(C)NC(=O)c1ccc(-c2ccc(F)cc2)s1. The van der Waals surface area contributed by atoms with Crippen LogP contribution in [0.15, 0.2) is 36.4 Å². The van der Waals surface area contributed by atoms with Crippen molar-refractivity contribution < 1.29 is 9.18 Å². The Morgan fingerprint density at radius 2 is 1.95 bits per heavy atom. The Balaban J connectivity index is 2.15. The van der Waals surface area contributed by atoms with Crippen LogP contribution in [0.25, 0.3) is 10.4 Å². The van der Waals surface area contributed by atoms with E-state index >= 15 is 0 Å². The molecule has 2 nitrogen and oxygen atoms in total. The van der Waals surface area contributed by atoms with Gasteiger partial charge in [0.25, 0.3) is 5.91 Å². The smallest absolute Gasteiger partial charge is 0.261 e. The maximum absolute atomic E-state index is 12.9. The molecule has 1 aromatic carbocycles. The molecule has 0 saturated heterocycles. The molecule has 0 bridgehead atoms. The van der Waals surface area contributed by atoms with E-state index < -0.39 is 0 Å². The predicted octanol–water partition coefficient (Wildman–Crippen LogP) is 4.08. The number of hydrogen-bond acceptors (Lipinski definition) is 2. The first-order valence-electron chi connectivity index (χ1n) is 6.26. The summed E-state index contributed by atoms with van der Waals surface area (Å²) in [4.78, 5) is 13.6. The molecule has 1 unspecified atom stereocenters. The maximum atomic E-state index is 12.9. The van der Waals surface area contributed by atoms with Crippen molar-refractivity contribution in [3.05, 3.63) is 47.1 Å². The Kier molecular flexibility index (Phi) is 4.32. The highest BCUT2D eigenvalue weighted by atomic mass is 32.1. The van der Waals surface area contributed by atoms with Gasteiger partial charge in [0.2, 0.25) is 0 Å². The Morgan fingerprint density at radius 1 is 1.26 bits per heavy atom. The number of hydrogen-bond donors (Lipinski definition) is 1. The van der Waals surface area contributed by atoms with Crippen molar-refractivity contribution in [3.8, 4) is 10.4 Å². The third-order valence-electron chi connectivity index (χ3n) is 2.95. The normalized spacial score (nSPS) is 12.2. The zero-order valence-electron chi connectivity index (χ0n) is 10.9. The van der Waals surface area contributed by atoms with Crippen molar-refractivity contribution in [2.24, 2.45) is 0 Å². The Hall–Kier alpha value is -1.68. The van der Waals surface area contributed by atoms with Crippen molar-refractivity contribution in [1.82, 2.24) is 5.32 Å². The third kappa shape index (κ3) is 3.41. The Morgan fingerprint density at radius 3 is 2.58 bits per heavy atom. The average molecular weight is 277 g/mol. The van der Waals surface area contributed by atoms with E-state index in [1.807, 2.05) is 19.9 Å². The van der Waals surface area contributed by atoms with Crippen LogP contribution in [0.5, 0.6) is 0 Å². The number of benzene rings is 1. The number of carbonyl (C=O) groups excluding carboxylic acids is 1. The first-order chi connectivity index (χ1) is 9.10. The van der Waals surface area contributed by atoms with Gasteiger partial charge >= 0.3 is 0 Å². The summed E-state index contributed by atoms with van der Waals surface area (Å²) in [7, 11) is 0. The van der Waals surface area contributed by atoms with Crippen molar-refractivity contribution in [3.63, 3.8) is 0 Å². The molecule has 1 aromatic heterocycles. The van der Waals surface area contributed by atoms with Gasteiger partial charge in [-0.05, 0) is 43.2 Å². The fraction of sp³-hybridized carbons (Fsp3) is 0.267. The Labute approximate surface area is 116 Å². The lowest BCUT2D eigenvalue weighted by molar-refractivity contribution is 0.0943. The van der Waals surface area contributed by atoms with Gasteiger partial charge in [-0.15, -0.1) is 11.3 Å². The van der Waals surface area contributed by atoms with Gasteiger partial charge in [-0.3, -0.25) is 4.79 Å². The molecule has 100 valence electrons. The summed E-state index contributed by atoms with van der Waals surface area (Å²) in [5.74, 6) is -0.303. The molecule has 0 radical (unpaired) electrons. The van der Waals surface area contributed by atoms with Crippen molar-refractivity contribution in [1.29, 1.82) is 0 Å². The van der Waals surface area contributed by atoms with Gasteiger partial charge in [-0.2, -0.15) is 0 Å². The van der Waals surface area contributed by atoms with Crippen LogP contribution in [-0.4, -0.2) is 11.9 Å². The van der Waals surface area contributed by atoms with Gasteiger partial charge in [-0.1, -0.05) is 19.1 Å². The second kappa shape index (κ2) is 5.97. The number of amides is 1. The molecule has 0 fully saturated rings. The zero-order valence-corrected chi connectivity index (χ0v) is 11.8. The molecule has 0 aliphatic rings. The van der Waals surface area contributed by atoms with Crippen LogP contribution in [0.4, 0.5) is 4.39 Å². The van der Waals surface area contributed by atoms with Gasteiger partial charge in [0.1, 0.15) is 5.82 Å². The molecule has 1 heterocycles. The predicted molar refractivity (Wildman–Crippen MR) is 76.9 cm³/mol. The van der Waals surface area contributed by atoms with Crippen LogP contribution in [0.2, 0.25) is 0 Å². The van der Waals surface area contributed by atoms with E-state index in [-0.39, 0.29) is 17.8 Å². The molecular weight excluding hydrogens is 261 g/mol. The standard InChI is InChI=1S/C15H16FNOS/c1-3-10(2)17-15(18)14-9-8-13(19-14)11-4-6-12(16)7-5-11/h4-10H,3H2,1-2H3,(H,17,18). The summed E-state index contributed by atoms with van der Waals surface area (Å²) in [6.07, 6.45) is 0.905. The largest absolute Gasteiger partial charge is 0.349 e.